The van der Waals surface area contributed by atoms with E-state index in [1.54, 1.807) is 18.3 Å². The van der Waals surface area contributed by atoms with Crippen LogP contribution >= 0.6 is 0 Å². The predicted molar refractivity (Wildman–Crippen MR) is 64.1 cm³/mol. The summed E-state index contributed by atoms with van der Waals surface area (Å²) in [5, 5.41) is 4.01. The molecule has 80 valence electrons. The second kappa shape index (κ2) is 5.07. The number of para-hydroxylation sites is 1. The number of halogens is 1. The molecule has 2 aromatic rings. The van der Waals surface area contributed by atoms with Gasteiger partial charge in [-0.1, -0.05) is 30.3 Å². The highest BCUT2D eigenvalue weighted by atomic mass is 19.1. The first-order valence-electron chi connectivity index (χ1n) is 4.94. The summed E-state index contributed by atoms with van der Waals surface area (Å²) in [6.07, 6.45) is 1.58. The first-order valence-corrected chi connectivity index (χ1v) is 4.94. The van der Waals surface area contributed by atoms with E-state index in [0.29, 0.717) is 0 Å². The van der Waals surface area contributed by atoms with Gasteiger partial charge in [0.05, 0.1) is 11.9 Å². The Labute approximate surface area is 93.4 Å². The molecule has 0 unspecified atom stereocenters. The lowest BCUT2D eigenvalue weighted by molar-refractivity contribution is 0.627. The SMILES string of the molecule is Fc1cccc(/C=N/Nc2ccccc2)c1. The number of hydrogen-bond acceptors (Lipinski definition) is 2. The maximum absolute atomic E-state index is 12.8. The van der Waals surface area contributed by atoms with Crippen molar-refractivity contribution in [1.82, 2.24) is 0 Å². The van der Waals surface area contributed by atoms with Crippen molar-refractivity contribution in [2.24, 2.45) is 5.10 Å². The Hall–Kier alpha value is -2.16. The lowest BCUT2D eigenvalue weighted by atomic mass is 10.2. The quantitative estimate of drug-likeness (QED) is 0.615. The van der Waals surface area contributed by atoms with Gasteiger partial charge in [0.15, 0.2) is 0 Å². The van der Waals surface area contributed by atoms with Crippen molar-refractivity contribution in [1.29, 1.82) is 0 Å². The van der Waals surface area contributed by atoms with Gasteiger partial charge in [0.2, 0.25) is 0 Å². The van der Waals surface area contributed by atoms with E-state index in [1.807, 2.05) is 30.3 Å². The van der Waals surface area contributed by atoms with Crippen LogP contribution in [0.25, 0.3) is 0 Å². The minimum Gasteiger partial charge on any atom is -0.279 e. The third-order valence-corrected chi connectivity index (χ3v) is 2.03. The Kier molecular flexibility index (Phi) is 3.28. The summed E-state index contributed by atoms with van der Waals surface area (Å²) in [5.74, 6) is -0.260. The zero-order valence-electron chi connectivity index (χ0n) is 8.60. The summed E-state index contributed by atoms with van der Waals surface area (Å²) in [4.78, 5) is 0. The van der Waals surface area contributed by atoms with Crippen LogP contribution in [0.4, 0.5) is 10.1 Å². The molecule has 0 amide bonds. The van der Waals surface area contributed by atoms with Gasteiger partial charge >= 0.3 is 0 Å². The van der Waals surface area contributed by atoms with Gasteiger partial charge in [-0.05, 0) is 29.8 Å². The van der Waals surface area contributed by atoms with Gasteiger partial charge in [0, 0.05) is 0 Å². The number of anilines is 1. The molecule has 0 radical (unpaired) electrons. The van der Waals surface area contributed by atoms with Gasteiger partial charge in [-0.3, -0.25) is 5.43 Å². The summed E-state index contributed by atoms with van der Waals surface area (Å²) in [7, 11) is 0. The molecule has 2 rings (SSSR count). The highest BCUT2D eigenvalue weighted by Crippen LogP contribution is 2.05. The lowest BCUT2D eigenvalue weighted by Gasteiger charge is -1.98. The lowest BCUT2D eigenvalue weighted by Crippen LogP contribution is -1.90. The van der Waals surface area contributed by atoms with E-state index in [2.05, 4.69) is 10.5 Å². The monoisotopic (exact) mass is 214 g/mol. The van der Waals surface area contributed by atoms with Gasteiger partial charge < -0.3 is 0 Å². The smallest absolute Gasteiger partial charge is 0.123 e. The van der Waals surface area contributed by atoms with Gasteiger partial charge in [-0.15, -0.1) is 0 Å². The van der Waals surface area contributed by atoms with Crippen molar-refractivity contribution in [3.8, 4) is 0 Å². The van der Waals surface area contributed by atoms with Gasteiger partial charge in [-0.2, -0.15) is 5.10 Å². The van der Waals surface area contributed by atoms with Crippen LogP contribution in [-0.4, -0.2) is 6.21 Å². The molecule has 0 atom stereocenters. The summed E-state index contributed by atoms with van der Waals surface area (Å²) >= 11 is 0. The minimum atomic E-state index is -0.260. The third-order valence-electron chi connectivity index (χ3n) is 2.03. The fraction of sp³-hybridized carbons (Fsp3) is 0. The molecule has 0 spiro atoms. The molecule has 1 N–H and O–H groups in total. The molecular weight excluding hydrogens is 203 g/mol. The normalized spacial score (nSPS) is 10.6. The first kappa shape index (κ1) is 10.4. The Balaban J connectivity index is 2.00. The van der Waals surface area contributed by atoms with Crippen molar-refractivity contribution >= 4 is 11.9 Å². The van der Waals surface area contributed by atoms with E-state index in [0.717, 1.165) is 11.3 Å². The molecule has 0 heterocycles. The van der Waals surface area contributed by atoms with Crippen LogP contribution in [0.1, 0.15) is 5.56 Å². The molecule has 3 heteroatoms. The van der Waals surface area contributed by atoms with Crippen LogP contribution in [0.5, 0.6) is 0 Å². The highest BCUT2D eigenvalue weighted by Gasteiger charge is 1.90. The Morgan fingerprint density at radius 2 is 1.81 bits per heavy atom. The molecule has 0 aliphatic rings. The Bertz CT molecular complexity index is 480. The molecule has 0 aliphatic carbocycles. The largest absolute Gasteiger partial charge is 0.279 e. The molecular formula is C13H11FN2. The van der Waals surface area contributed by atoms with Crippen molar-refractivity contribution < 1.29 is 4.39 Å². The van der Waals surface area contributed by atoms with Crippen molar-refractivity contribution in [2.45, 2.75) is 0 Å². The minimum absolute atomic E-state index is 0.260. The number of nitrogens with one attached hydrogen (secondary N) is 1. The zero-order valence-corrected chi connectivity index (χ0v) is 8.60. The molecule has 0 saturated heterocycles. The number of nitrogens with zero attached hydrogens (tertiary/aromatic N) is 1. The van der Waals surface area contributed by atoms with Crippen LogP contribution in [-0.2, 0) is 0 Å². The molecule has 0 saturated carbocycles. The summed E-state index contributed by atoms with van der Waals surface area (Å²) < 4.78 is 12.8. The van der Waals surface area contributed by atoms with Crippen molar-refractivity contribution in [3.05, 3.63) is 66.0 Å². The van der Waals surface area contributed by atoms with E-state index < -0.39 is 0 Å². The first-order chi connectivity index (χ1) is 7.84. The van der Waals surface area contributed by atoms with Crippen molar-refractivity contribution in [3.63, 3.8) is 0 Å². The maximum Gasteiger partial charge on any atom is 0.123 e. The van der Waals surface area contributed by atoms with E-state index in [1.165, 1.54) is 12.1 Å². The van der Waals surface area contributed by atoms with Gasteiger partial charge in [0.1, 0.15) is 5.82 Å². The summed E-state index contributed by atoms with van der Waals surface area (Å²) in [6.45, 7) is 0. The summed E-state index contributed by atoms with van der Waals surface area (Å²) in [5.41, 5.74) is 4.48. The molecule has 0 bridgehead atoms. The standard InChI is InChI=1S/C13H11FN2/c14-12-6-4-5-11(9-12)10-15-16-13-7-2-1-3-8-13/h1-10,16H/b15-10+. The topological polar surface area (TPSA) is 24.4 Å². The number of benzene rings is 2. The summed E-state index contributed by atoms with van der Waals surface area (Å²) in [6, 6.07) is 15.9. The van der Waals surface area contributed by atoms with Crippen LogP contribution in [0.15, 0.2) is 59.7 Å². The van der Waals surface area contributed by atoms with Crippen LogP contribution in [0.2, 0.25) is 0 Å². The molecule has 16 heavy (non-hydrogen) atoms. The number of hydrogen-bond donors (Lipinski definition) is 1. The number of hydrazone groups is 1. The molecule has 2 aromatic carbocycles. The fourth-order valence-electron chi connectivity index (χ4n) is 1.28. The van der Waals surface area contributed by atoms with Crippen LogP contribution < -0.4 is 5.43 Å². The van der Waals surface area contributed by atoms with Crippen LogP contribution in [0.3, 0.4) is 0 Å². The van der Waals surface area contributed by atoms with E-state index >= 15 is 0 Å². The van der Waals surface area contributed by atoms with Gasteiger partial charge in [-0.25, -0.2) is 4.39 Å². The molecule has 2 nitrogen and oxygen atoms in total. The van der Waals surface area contributed by atoms with E-state index in [-0.39, 0.29) is 5.82 Å². The predicted octanol–water partition coefficient (Wildman–Crippen LogP) is 3.27. The van der Waals surface area contributed by atoms with Crippen LogP contribution in [0, 0.1) is 5.82 Å². The second-order valence-electron chi connectivity index (χ2n) is 3.29. The van der Waals surface area contributed by atoms with E-state index in [9.17, 15) is 4.39 Å². The van der Waals surface area contributed by atoms with Crippen molar-refractivity contribution in [2.75, 3.05) is 5.43 Å². The van der Waals surface area contributed by atoms with Gasteiger partial charge in [0.25, 0.3) is 0 Å². The highest BCUT2D eigenvalue weighted by molar-refractivity contribution is 5.80. The fourth-order valence-corrected chi connectivity index (χ4v) is 1.28. The maximum atomic E-state index is 12.8. The third kappa shape index (κ3) is 2.92. The Morgan fingerprint density at radius 3 is 2.56 bits per heavy atom. The average Bonchev–Trinajstić information content (AvgIpc) is 2.30. The van der Waals surface area contributed by atoms with E-state index in [4.69, 9.17) is 0 Å². The average molecular weight is 214 g/mol. The molecule has 0 aliphatic heterocycles. The number of rotatable bonds is 3. The molecule has 0 aromatic heterocycles. The zero-order chi connectivity index (χ0) is 11.2. The Morgan fingerprint density at radius 1 is 1.00 bits per heavy atom. The second-order valence-corrected chi connectivity index (χ2v) is 3.29. The molecule has 0 fully saturated rings.